The van der Waals surface area contributed by atoms with Crippen LogP contribution in [0.2, 0.25) is 0 Å². The van der Waals surface area contributed by atoms with Gasteiger partial charge in [-0.15, -0.1) is 0 Å². The topological polar surface area (TPSA) is 74.3 Å². The summed E-state index contributed by atoms with van der Waals surface area (Å²) in [6, 6.07) is 5.37. The second-order valence-electron chi connectivity index (χ2n) is 4.53. The average molecular weight is 433 g/mol. The zero-order valence-corrected chi connectivity index (χ0v) is 15.1. The molecular weight excluding hydrogens is 417 g/mol. The Labute approximate surface area is 147 Å². The molecule has 0 aromatic heterocycles. The van der Waals surface area contributed by atoms with Crippen LogP contribution in [0.15, 0.2) is 29.5 Å². The molecule has 0 spiro atoms. The number of benzene rings is 1. The molecule has 0 unspecified atom stereocenters. The van der Waals surface area contributed by atoms with Crippen LogP contribution in [0, 0.1) is 3.57 Å². The molecule has 23 heavy (non-hydrogen) atoms. The van der Waals surface area contributed by atoms with Gasteiger partial charge in [0.25, 0.3) is 0 Å². The largest absolute Gasteiger partial charge is 0.496 e. The summed E-state index contributed by atoms with van der Waals surface area (Å²) in [4.78, 5) is 25.7. The van der Waals surface area contributed by atoms with Crippen LogP contribution in [0.1, 0.15) is 0 Å². The summed E-state index contributed by atoms with van der Waals surface area (Å²) in [5.41, 5.74) is 0.916. The summed E-state index contributed by atoms with van der Waals surface area (Å²) in [6.45, 7) is 0.105. The number of rotatable bonds is 4. The van der Waals surface area contributed by atoms with Crippen LogP contribution >= 0.6 is 22.6 Å². The van der Waals surface area contributed by atoms with Gasteiger partial charge in [0.15, 0.2) is 0 Å². The molecule has 8 heteroatoms. The van der Waals surface area contributed by atoms with E-state index in [1.807, 2.05) is 6.07 Å². The van der Waals surface area contributed by atoms with Gasteiger partial charge in [-0.05, 0) is 40.8 Å². The van der Waals surface area contributed by atoms with E-state index in [1.165, 1.54) is 14.2 Å². The van der Waals surface area contributed by atoms with Crippen LogP contribution in [0.25, 0.3) is 0 Å². The highest BCUT2D eigenvalue weighted by Gasteiger charge is 2.32. The Kier molecular flexibility index (Phi) is 5.83. The Balaban J connectivity index is 2.52. The SMILES string of the molecule is COC(=O)C1=C(C(=O)OC)N(c2ccc(OC)c(I)c2)COC1. The van der Waals surface area contributed by atoms with Gasteiger partial charge in [-0.1, -0.05) is 0 Å². The summed E-state index contributed by atoms with van der Waals surface area (Å²) < 4.78 is 21.0. The van der Waals surface area contributed by atoms with Crippen molar-refractivity contribution >= 4 is 40.2 Å². The highest BCUT2D eigenvalue weighted by molar-refractivity contribution is 14.1. The van der Waals surface area contributed by atoms with Gasteiger partial charge >= 0.3 is 11.9 Å². The lowest BCUT2D eigenvalue weighted by molar-refractivity contribution is -0.140. The Morgan fingerprint density at radius 3 is 2.43 bits per heavy atom. The van der Waals surface area contributed by atoms with Crippen LogP contribution in [-0.4, -0.2) is 46.6 Å². The molecule has 0 N–H and O–H groups in total. The summed E-state index contributed by atoms with van der Waals surface area (Å²) in [6.07, 6.45) is 0. The predicted octanol–water partition coefficient (Wildman–Crippen LogP) is 1.69. The number of anilines is 1. The summed E-state index contributed by atoms with van der Waals surface area (Å²) in [5.74, 6) is -0.540. The number of halogens is 1. The van der Waals surface area contributed by atoms with Gasteiger partial charge in [-0.3, -0.25) is 0 Å². The van der Waals surface area contributed by atoms with Gasteiger partial charge in [-0.2, -0.15) is 0 Å². The van der Waals surface area contributed by atoms with E-state index in [2.05, 4.69) is 22.6 Å². The van der Waals surface area contributed by atoms with Crippen molar-refractivity contribution in [2.75, 3.05) is 39.6 Å². The lowest BCUT2D eigenvalue weighted by Gasteiger charge is -2.31. The molecule has 1 aliphatic heterocycles. The van der Waals surface area contributed by atoms with Crippen molar-refractivity contribution in [3.63, 3.8) is 0 Å². The third kappa shape index (κ3) is 3.58. The lowest BCUT2D eigenvalue weighted by Crippen LogP contribution is -2.38. The molecule has 0 saturated heterocycles. The van der Waals surface area contributed by atoms with Crippen molar-refractivity contribution in [3.05, 3.63) is 33.0 Å². The minimum atomic E-state index is -0.627. The number of hydrogen-bond donors (Lipinski definition) is 0. The van der Waals surface area contributed by atoms with Crippen molar-refractivity contribution in [1.82, 2.24) is 0 Å². The quantitative estimate of drug-likeness (QED) is 0.529. The van der Waals surface area contributed by atoms with E-state index < -0.39 is 11.9 Å². The fourth-order valence-electron chi connectivity index (χ4n) is 2.17. The zero-order chi connectivity index (χ0) is 17.0. The van der Waals surface area contributed by atoms with E-state index >= 15 is 0 Å². The van der Waals surface area contributed by atoms with Gasteiger partial charge in [0.1, 0.15) is 18.2 Å². The number of hydrogen-bond acceptors (Lipinski definition) is 7. The van der Waals surface area contributed by atoms with Gasteiger partial charge in [0.2, 0.25) is 0 Å². The lowest BCUT2D eigenvalue weighted by atomic mass is 10.1. The Morgan fingerprint density at radius 1 is 1.17 bits per heavy atom. The Hall–Kier alpha value is -1.81. The molecule has 0 atom stereocenters. The number of nitrogens with zero attached hydrogens (tertiary/aromatic N) is 1. The van der Waals surface area contributed by atoms with Gasteiger partial charge < -0.3 is 23.8 Å². The monoisotopic (exact) mass is 433 g/mol. The smallest absolute Gasteiger partial charge is 0.355 e. The fraction of sp³-hybridized carbons (Fsp3) is 0.333. The predicted molar refractivity (Wildman–Crippen MR) is 90.1 cm³/mol. The van der Waals surface area contributed by atoms with E-state index in [0.29, 0.717) is 11.4 Å². The van der Waals surface area contributed by atoms with Gasteiger partial charge in [0, 0.05) is 5.69 Å². The van der Waals surface area contributed by atoms with Crippen molar-refractivity contribution in [2.24, 2.45) is 0 Å². The summed E-state index contributed by atoms with van der Waals surface area (Å²) in [7, 11) is 4.09. The maximum Gasteiger partial charge on any atom is 0.355 e. The second-order valence-corrected chi connectivity index (χ2v) is 5.70. The molecule has 0 bridgehead atoms. The van der Waals surface area contributed by atoms with Crippen LogP contribution in [0.3, 0.4) is 0 Å². The molecule has 0 aliphatic carbocycles. The Morgan fingerprint density at radius 2 is 1.87 bits per heavy atom. The third-order valence-corrected chi connectivity index (χ3v) is 4.12. The Bertz CT molecular complexity index is 657. The first-order valence-electron chi connectivity index (χ1n) is 6.62. The standard InChI is InChI=1S/C15H16INO6/c1-20-12-5-4-9(6-11(12)16)17-8-23-7-10(14(18)21-2)13(17)15(19)22-3/h4-6H,7-8H2,1-3H3. The van der Waals surface area contributed by atoms with Gasteiger partial charge in [-0.25, -0.2) is 9.59 Å². The fourth-order valence-corrected chi connectivity index (χ4v) is 2.89. The number of carbonyl (C=O) groups is 2. The number of ether oxygens (including phenoxy) is 4. The van der Waals surface area contributed by atoms with E-state index in [0.717, 1.165) is 3.57 Å². The number of esters is 2. The third-order valence-electron chi connectivity index (χ3n) is 3.28. The minimum absolute atomic E-state index is 0.0130. The van der Waals surface area contributed by atoms with Gasteiger partial charge in [0.05, 0.1) is 37.1 Å². The highest BCUT2D eigenvalue weighted by atomic mass is 127. The maximum absolute atomic E-state index is 12.2. The second kappa shape index (κ2) is 7.64. The molecule has 0 amide bonds. The van der Waals surface area contributed by atoms with Crippen LogP contribution in [0.4, 0.5) is 5.69 Å². The van der Waals surface area contributed by atoms with E-state index in [1.54, 1.807) is 24.1 Å². The molecule has 1 aromatic rings. The molecular formula is C15H16INO6. The van der Waals surface area contributed by atoms with Crippen molar-refractivity contribution < 1.29 is 28.5 Å². The highest BCUT2D eigenvalue weighted by Crippen LogP contribution is 2.31. The van der Waals surface area contributed by atoms with E-state index in [9.17, 15) is 9.59 Å². The summed E-state index contributed by atoms with van der Waals surface area (Å²) in [5, 5.41) is 0. The molecule has 1 aliphatic rings. The van der Waals surface area contributed by atoms with E-state index in [4.69, 9.17) is 18.9 Å². The first-order chi connectivity index (χ1) is 11.0. The number of carbonyl (C=O) groups excluding carboxylic acids is 2. The normalized spacial score (nSPS) is 14.5. The molecule has 0 radical (unpaired) electrons. The zero-order valence-electron chi connectivity index (χ0n) is 12.9. The van der Waals surface area contributed by atoms with Crippen molar-refractivity contribution in [1.29, 1.82) is 0 Å². The van der Waals surface area contributed by atoms with E-state index in [-0.39, 0.29) is 24.6 Å². The minimum Gasteiger partial charge on any atom is -0.496 e. The molecule has 1 heterocycles. The van der Waals surface area contributed by atoms with Crippen LogP contribution in [-0.2, 0) is 23.8 Å². The summed E-state index contributed by atoms with van der Waals surface area (Å²) >= 11 is 2.13. The van der Waals surface area contributed by atoms with Crippen LogP contribution in [0.5, 0.6) is 5.75 Å². The first kappa shape index (κ1) is 17.5. The molecule has 124 valence electrons. The number of methoxy groups -OCH3 is 3. The molecule has 2 rings (SSSR count). The first-order valence-corrected chi connectivity index (χ1v) is 7.70. The van der Waals surface area contributed by atoms with Crippen LogP contribution < -0.4 is 9.64 Å². The van der Waals surface area contributed by atoms with Crippen molar-refractivity contribution in [3.8, 4) is 5.75 Å². The maximum atomic E-state index is 12.2. The van der Waals surface area contributed by atoms with Crippen molar-refractivity contribution in [2.45, 2.75) is 0 Å². The molecule has 0 saturated carbocycles. The molecule has 1 aromatic carbocycles. The molecule has 0 fully saturated rings. The average Bonchev–Trinajstić information content (AvgIpc) is 2.59. The molecule has 7 nitrogen and oxygen atoms in total.